The molecule has 0 unspecified atom stereocenters. The van der Waals surface area contributed by atoms with Gasteiger partial charge >= 0.3 is 0 Å². The Morgan fingerprint density at radius 1 is 1.33 bits per heavy atom. The molecular formula is C15H20N2O. The molecule has 0 spiro atoms. The number of nitrogens with zero attached hydrogens (tertiary/aromatic N) is 2. The van der Waals surface area contributed by atoms with Crippen LogP contribution < -0.4 is 0 Å². The summed E-state index contributed by atoms with van der Waals surface area (Å²) in [5.41, 5.74) is 4.05. The zero-order valence-electron chi connectivity index (χ0n) is 10.9. The maximum Gasteiger partial charge on any atom is 0.0704 e. The minimum Gasteiger partial charge on any atom is -0.382 e. The van der Waals surface area contributed by atoms with Crippen molar-refractivity contribution in [3.8, 4) is 0 Å². The summed E-state index contributed by atoms with van der Waals surface area (Å²) in [4.78, 5) is 0. The van der Waals surface area contributed by atoms with Crippen LogP contribution in [0, 0.1) is 0 Å². The molecule has 1 aromatic rings. The Morgan fingerprint density at radius 3 is 3.11 bits per heavy atom. The third-order valence-electron chi connectivity index (χ3n) is 3.91. The molecule has 3 nitrogen and oxygen atoms in total. The highest BCUT2D eigenvalue weighted by Crippen LogP contribution is 2.25. The third-order valence-corrected chi connectivity index (χ3v) is 3.91. The summed E-state index contributed by atoms with van der Waals surface area (Å²) < 4.78 is 5.28. The molecule has 0 N–H and O–H groups in total. The Kier molecular flexibility index (Phi) is 3.33. The molecule has 0 bridgehead atoms. The van der Waals surface area contributed by atoms with Gasteiger partial charge in [0.15, 0.2) is 0 Å². The van der Waals surface area contributed by atoms with Gasteiger partial charge in [-0.1, -0.05) is 24.3 Å². The second-order valence-corrected chi connectivity index (χ2v) is 5.12. The van der Waals surface area contributed by atoms with Crippen LogP contribution >= 0.6 is 0 Å². The van der Waals surface area contributed by atoms with Gasteiger partial charge in [-0.25, -0.2) is 0 Å². The maximum atomic E-state index is 5.28. The Hall–Kier alpha value is -1.35. The van der Waals surface area contributed by atoms with Crippen molar-refractivity contribution in [2.45, 2.75) is 31.7 Å². The van der Waals surface area contributed by atoms with Crippen LogP contribution in [-0.2, 0) is 11.2 Å². The van der Waals surface area contributed by atoms with Gasteiger partial charge in [-0.2, -0.15) is 5.10 Å². The van der Waals surface area contributed by atoms with E-state index < -0.39 is 0 Å². The van der Waals surface area contributed by atoms with E-state index in [0.717, 1.165) is 26.0 Å². The lowest BCUT2D eigenvalue weighted by molar-refractivity contribution is 0.118. The molecule has 1 aromatic carbocycles. The smallest absolute Gasteiger partial charge is 0.0704 e. The summed E-state index contributed by atoms with van der Waals surface area (Å²) >= 11 is 0. The van der Waals surface area contributed by atoms with E-state index in [4.69, 9.17) is 9.84 Å². The van der Waals surface area contributed by atoms with Crippen LogP contribution in [0.25, 0.3) is 0 Å². The van der Waals surface area contributed by atoms with Gasteiger partial charge in [-0.05, 0) is 31.2 Å². The van der Waals surface area contributed by atoms with Crippen LogP contribution in [0.5, 0.6) is 0 Å². The summed E-state index contributed by atoms with van der Waals surface area (Å²) in [6.45, 7) is 1.86. The van der Waals surface area contributed by atoms with Crippen molar-refractivity contribution in [3.63, 3.8) is 0 Å². The SMILES string of the molecule is COC[C@@H]1CCCN1/N=C1\CCc2ccccc21. The monoisotopic (exact) mass is 244 g/mol. The zero-order valence-corrected chi connectivity index (χ0v) is 10.9. The first-order chi connectivity index (χ1) is 8.88. The van der Waals surface area contributed by atoms with Crippen molar-refractivity contribution in [1.82, 2.24) is 5.01 Å². The van der Waals surface area contributed by atoms with Crippen LogP contribution in [0.3, 0.4) is 0 Å². The van der Waals surface area contributed by atoms with E-state index in [0.29, 0.717) is 6.04 Å². The lowest BCUT2D eigenvalue weighted by Crippen LogP contribution is -2.29. The summed E-state index contributed by atoms with van der Waals surface area (Å²) in [7, 11) is 1.77. The van der Waals surface area contributed by atoms with Gasteiger partial charge in [0.25, 0.3) is 0 Å². The molecule has 3 heteroatoms. The Labute approximate surface area is 108 Å². The van der Waals surface area contributed by atoms with Crippen molar-refractivity contribution in [3.05, 3.63) is 35.4 Å². The number of aryl methyl sites for hydroxylation is 1. The zero-order chi connectivity index (χ0) is 12.4. The predicted molar refractivity (Wildman–Crippen MR) is 72.9 cm³/mol. The number of methoxy groups -OCH3 is 1. The first kappa shape index (κ1) is 11.7. The molecule has 0 radical (unpaired) electrons. The molecule has 1 aliphatic heterocycles. The van der Waals surface area contributed by atoms with Crippen LogP contribution in [0.15, 0.2) is 29.4 Å². The van der Waals surface area contributed by atoms with E-state index in [2.05, 4.69) is 29.3 Å². The van der Waals surface area contributed by atoms with E-state index in [-0.39, 0.29) is 0 Å². The topological polar surface area (TPSA) is 24.8 Å². The first-order valence-corrected chi connectivity index (χ1v) is 6.80. The van der Waals surface area contributed by atoms with Gasteiger partial charge in [-0.3, -0.25) is 5.01 Å². The van der Waals surface area contributed by atoms with Gasteiger partial charge in [0.2, 0.25) is 0 Å². The molecule has 1 heterocycles. The second-order valence-electron chi connectivity index (χ2n) is 5.12. The Bertz CT molecular complexity index is 456. The molecule has 1 saturated heterocycles. The molecule has 0 amide bonds. The molecule has 3 rings (SSSR count). The largest absolute Gasteiger partial charge is 0.382 e. The summed E-state index contributed by atoms with van der Waals surface area (Å²) in [6.07, 6.45) is 4.64. The molecule has 18 heavy (non-hydrogen) atoms. The maximum absolute atomic E-state index is 5.28. The number of hydrogen-bond acceptors (Lipinski definition) is 3. The average molecular weight is 244 g/mol. The van der Waals surface area contributed by atoms with Crippen molar-refractivity contribution >= 4 is 5.71 Å². The highest BCUT2D eigenvalue weighted by atomic mass is 16.5. The van der Waals surface area contributed by atoms with Crippen LogP contribution in [0.4, 0.5) is 0 Å². The van der Waals surface area contributed by atoms with Gasteiger partial charge in [-0.15, -0.1) is 0 Å². The number of benzene rings is 1. The highest BCUT2D eigenvalue weighted by molar-refractivity contribution is 6.04. The number of ether oxygens (including phenoxy) is 1. The van der Waals surface area contributed by atoms with Gasteiger partial charge in [0.05, 0.1) is 18.4 Å². The first-order valence-electron chi connectivity index (χ1n) is 6.80. The van der Waals surface area contributed by atoms with Gasteiger partial charge in [0, 0.05) is 19.2 Å². The van der Waals surface area contributed by atoms with Crippen LogP contribution in [0.1, 0.15) is 30.4 Å². The van der Waals surface area contributed by atoms with E-state index in [9.17, 15) is 0 Å². The highest BCUT2D eigenvalue weighted by Gasteiger charge is 2.25. The normalized spacial score (nSPS) is 24.8. The average Bonchev–Trinajstić information content (AvgIpc) is 2.99. The standard InChI is InChI=1S/C15H20N2O/c1-18-11-13-6-4-10-17(13)16-15-9-8-12-5-2-3-7-14(12)15/h2-3,5,7,13H,4,6,8-11H2,1H3/b16-15+/t13-/m0/s1. The van der Waals surface area contributed by atoms with Crippen molar-refractivity contribution in [1.29, 1.82) is 0 Å². The van der Waals surface area contributed by atoms with Crippen LogP contribution in [-0.4, -0.2) is 37.0 Å². The quantitative estimate of drug-likeness (QED) is 0.816. The molecule has 2 aliphatic rings. The fourth-order valence-corrected chi connectivity index (χ4v) is 2.98. The fraction of sp³-hybridized carbons (Fsp3) is 0.533. The van der Waals surface area contributed by atoms with Crippen LogP contribution in [0.2, 0.25) is 0 Å². The van der Waals surface area contributed by atoms with E-state index >= 15 is 0 Å². The Balaban J connectivity index is 1.81. The minimum atomic E-state index is 0.468. The molecule has 1 aliphatic carbocycles. The second kappa shape index (κ2) is 5.11. The Morgan fingerprint density at radius 2 is 2.22 bits per heavy atom. The van der Waals surface area contributed by atoms with E-state index in [1.807, 2.05) is 0 Å². The molecule has 1 fully saturated rings. The lowest BCUT2D eigenvalue weighted by Gasteiger charge is -2.21. The summed E-state index contributed by atoms with van der Waals surface area (Å²) in [6, 6.07) is 9.11. The summed E-state index contributed by atoms with van der Waals surface area (Å²) in [5.74, 6) is 0. The van der Waals surface area contributed by atoms with E-state index in [1.165, 1.54) is 29.7 Å². The van der Waals surface area contributed by atoms with Crippen molar-refractivity contribution in [2.75, 3.05) is 20.3 Å². The summed E-state index contributed by atoms with van der Waals surface area (Å²) in [5, 5.41) is 7.12. The molecule has 0 aromatic heterocycles. The van der Waals surface area contributed by atoms with Gasteiger partial charge in [0.1, 0.15) is 0 Å². The van der Waals surface area contributed by atoms with Crippen molar-refractivity contribution in [2.24, 2.45) is 5.10 Å². The van der Waals surface area contributed by atoms with Gasteiger partial charge < -0.3 is 4.74 Å². The fourth-order valence-electron chi connectivity index (χ4n) is 2.98. The molecular weight excluding hydrogens is 224 g/mol. The third kappa shape index (κ3) is 2.15. The molecule has 0 saturated carbocycles. The van der Waals surface area contributed by atoms with E-state index in [1.54, 1.807) is 7.11 Å². The number of fused-ring (bicyclic) bond motifs is 1. The lowest BCUT2D eigenvalue weighted by atomic mass is 10.1. The number of hydrazone groups is 1. The molecule has 96 valence electrons. The van der Waals surface area contributed by atoms with Crippen molar-refractivity contribution < 1.29 is 4.74 Å². The number of rotatable bonds is 3. The number of hydrogen-bond donors (Lipinski definition) is 0. The predicted octanol–water partition coefficient (Wildman–Crippen LogP) is 2.45. The minimum absolute atomic E-state index is 0.468. The molecule has 1 atom stereocenters.